The number of nitrogens with one attached hydrogen (secondary N) is 1. The van der Waals surface area contributed by atoms with E-state index in [1.165, 1.54) is 0 Å². The van der Waals surface area contributed by atoms with Crippen LogP contribution in [0.25, 0.3) is 11.0 Å². The molecule has 2 aromatic rings. The molecule has 0 bridgehead atoms. The van der Waals surface area contributed by atoms with E-state index in [1.807, 2.05) is 12.1 Å². The lowest BCUT2D eigenvalue weighted by Crippen LogP contribution is -2.29. The summed E-state index contributed by atoms with van der Waals surface area (Å²) in [5.41, 5.74) is 2.64. The third-order valence-corrected chi connectivity index (χ3v) is 3.78. The molecule has 100 valence electrons. The smallest absolute Gasteiger partial charge is 0.178 e. The van der Waals surface area contributed by atoms with Crippen molar-refractivity contribution in [1.29, 1.82) is 5.26 Å². The zero-order valence-corrected chi connectivity index (χ0v) is 12.3. The third-order valence-electron chi connectivity index (χ3n) is 3.46. The second-order valence-electron chi connectivity index (χ2n) is 5.00. The minimum absolute atomic E-state index is 0.508. The Bertz CT molecular complexity index is 675. The normalized spacial score (nSPS) is 11.4. The Morgan fingerprint density at radius 3 is 2.84 bits per heavy atom. The van der Waals surface area contributed by atoms with Gasteiger partial charge in [-0.25, -0.2) is 0 Å². The molecule has 0 fully saturated rings. The Balaban J connectivity index is 2.34. The number of H-pyrrole nitrogens is 1. The summed E-state index contributed by atoms with van der Waals surface area (Å²) in [6.07, 6.45) is 0. The molecule has 1 aromatic heterocycles. The molecule has 19 heavy (non-hydrogen) atoms. The highest BCUT2D eigenvalue weighted by molar-refractivity contribution is 7.71. The molecule has 0 saturated carbocycles. The lowest BCUT2D eigenvalue weighted by Gasteiger charge is -2.21. The minimum atomic E-state index is 0.508. The van der Waals surface area contributed by atoms with Crippen LogP contribution in [0.15, 0.2) is 18.2 Å². The molecule has 1 heterocycles. The van der Waals surface area contributed by atoms with Crippen LogP contribution in [0.3, 0.4) is 0 Å². The summed E-state index contributed by atoms with van der Waals surface area (Å²) < 4.78 is 2.77. The topological polar surface area (TPSA) is 47.8 Å². The third kappa shape index (κ3) is 2.86. The van der Waals surface area contributed by atoms with E-state index in [0.29, 0.717) is 16.4 Å². The molecule has 0 radical (unpaired) electrons. The molecule has 1 N–H and O–H groups in total. The second-order valence-corrected chi connectivity index (χ2v) is 5.39. The molecule has 2 rings (SSSR count). The van der Waals surface area contributed by atoms with Crippen molar-refractivity contribution in [2.24, 2.45) is 0 Å². The van der Waals surface area contributed by atoms with Gasteiger partial charge in [0, 0.05) is 19.1 Å². The lowest BCUT2D eigenvalue weighted by molar-refractivity contribution is 0.263. The summed E-state index contributed by atoms with van der Waals surface area (Å²) >= 11 is 5.36. The van der Waals surface area contributed by atoms with E-state index < -0.39 is 0 Å². The number of likely N-dealkylation sites (N-methyl/N-ethyl adjacent to an activating group) is 1. The van der Waals surface area contributed by atoms with Gasteiger partial charge in [-0.3, -0.25) is 0 Å². The Morgan fingerprint density at radius 1 is 1.47 bits per heavy atom. The minimum Gasteiger partial charge on any atom is -0.331 e. The van der Waals surface area contributed by atoms with Gasteiger partial charge in [-0.2, -0.15) is 5.26 Å². The van der Waals surface area contributed by atoms with E-state index in [4.69, 9.17) is 17.5 Å². The zero-order chi connectivity index (χ0) is 14.0. The predicted octanol–water partition coefficient (Wildman–Crippen LogP) is 2.91. The SMILES string of the molecule is CC(C)N(C)CCn1c(=S)[nH]c2ccc(C#N)cc21. The Hall–Kier alpha value is -1.64. The Kier molecular flexibility index (Phi) is 4.03. The van der Waals surface area contributed by atoms with Gasteiger partial charge in [0.25, 0.3) is 0 Å². The first-order valence-electron chi connectivity index (χ1n) is 6.36. The van der Waals surface area contributed by atoms with Crippen molar-refractivity contribution in [3.63, 3.8) is 0 Å². The first-order valence-corrected chi connectivity index (χ1v) is 6.76. The molecule has 0 aliphatic carbocycles. The van der Waals surface area contributed by atoms with Gasteiger partial charge < -0.3 is 14.5 Å². The van der Waals surface area contributed by atoms with E-state index in [2.05, 4.69) is 41.4 Å². The summed E-state index contributed by atoms with van der Waals surface area (Å²) in [4.78, 5) is 5.45. The number of nitrogens with zero attached hydrogens (tertiary/aromatic N) is 3. The van der Waals surface area contributed by atoms with Crippen LogP contribution in [0.5, 0.6) is 0 Å². The molecular weight excluding hydrogens is 256 g/mol. The molecule has 5 heteroatoms. The van der Waals surface area contributed by atoms with Crippen LogP contribution < -0.4 is 0 Å². The number of benzene rings is 1. The van der Waals surface area contributed by atoms with Crippen LogP contribution >= 0.6 is 12.2 Å². The van der Waals surface area contributed by atoms with Crippen LogP contribution in [0.4, 0.5) is 0 Å². The fourth-order valence-electron chi connectivity index (χ4n) is 1.96. The number of hydrogen-bond acceptors (Lipinski definition) is 3. The summed E-state index contributed by atoms with van der Waals surface area (Å²) in [5.74, 6) is 0. The van der Waals surface area contributed by atoms with Gasteiger partial charge in [-0.05, 0) is 51.3 Å². The number of aromatic nitrogens is 2. The monoisotopic (exact) mass is 274 g/mol. The van der Waals surface area contributed by atoms with Crippen LogP contribution in [0.2, 0.25) is 0 Å². The van der Waals surface area contributed by atoms with Crippen LogP contribution in [0.1, 0.15) is 19.4 Å². The number of aromatic amines is 1. The van der Waals surface area contributed by atoms with Gasteiger partial charge in [0.05, 0.1) is 22.7 Å². The second kappa shape index (κ2) is 5.55. The summed E-state index contributed by atoms with van der Waals surface area (Å²) in [5, 5.41) is 8.98. The standard InChI is InChI=1S/C14H18N4S/c1-10(2)17(3)6-7-18-13-8-11(9-15)4-5-12(13)16-14(18)19/h4-5,8,10H,6-7H2,1-3H3,(H,16,19). The lowest BCUT2D eigenvalue weighted by atomic mass is 10.2. The highest BCUT2D eigenvalue weighted by Crippen LogP contribution is 2.16. The van der Waals surface area contributed by atoms with Gasteiger partial charge in [0.2, 0.25) is 0 Å². The number of nitriles is 1. The van der Waals surface area contributed by atoms with Gasteiger partial charge in [0.15, 0.2) is 4.77 Å². The number of hydrogen-bond donors (Lipinski definition) is 1. The van der Waals surface area contributed by atoms with E-state index in [-0.39, 0.29) is 0 Å². The summed E-state index contributed by atoms with van der Waals surface area (Å²) in [6.45, 7) is 6.09. The fraction of sp³-hybridized carbons (Fsp3) is 0.429. The van der Waals surface area contributed by atoms with Crippen LogP contribution in [0, 0.1) is 16.1 Å². The molecule has 0 amide bonds. The van der Waals surface area contributed by atoms with E-state index in [0.717, 1.165) is 24.1 Å². The predicted molar refractivity (Wildman–Crippen MR) is 79.6 cm³/mol. The first-order chi connectivity index (χ1) is 9.02. The van der Waals surface area contributed by atoms with Crippen LogP contribution in [-0.4, -0.2) is 34.1 Å². The summed E-state index contributed by atoms with van der Waals surface area (Å²) in [6, 6.07) is 8.27. The van der Waals surface area contributed by atoms with Crippen molar-refractivity contribution in [2.45, 2.75) is 26.4 Å². The Labute approximate surface area is 118 Å². The molecule has 0 atom stereocenters. The highest BCUT2D eigenvalue weighted by atomic mass is 32.1. The molecule has 1 aromatic carbocycles. The molecule has 0 aliphatic rings. The van der Waals surface area contributed by atoms with Crippen LogP contribution in [-0.2, 0) is 6.54 Å². The highest BCUT2D eigenvalue weighted by Gasteiger charge is 2.08. The molecule has 4 nitrogen and oxygen atoms in total. The maximum absolute atomic E-state index is 8.98. The fourth-order valence-corrected chi connectivity index (χ4v) is 2.26. The van der Waals surface area contributed by atoms with Crippen molar-refractivity contribution in [1.82, 2.24) is 14.5 Å². The van der Waals surface area contributed by atoms with E-state index in [9.17, 15) is 0 Å². The van der Waals surface area contributed by atoms with Gasteiger partial charge in [-0.1, -0.05) is 0 Å². The molecular formula is C14H18N4S. The Morgan fingerprint density at radius 2 is 2.21 bits per heavy atom. The largest absolute Gasteiger partial charge is 0.331 e. The van der Waals surface area contributed by atoms with Crippen molar-refractivity contribution in [3.05, 3.63) is 28.5 Å². The molecule has 0 unspecified atom stereocenters. The van der Waals surface area contributed by atoms with Gasteiger partial charge in [-0.15, -0.1) is 0 Å². The van der Waals surface area contributed by atoms with Crippen molar-refractivity contribution < 1.29 is 0 Å². The van der Waals surface area contributed by atoms with E-state index in [1.54, 1.807) is 6.07 Å². The summed E-state index contributed by atoms with van der Waals surface area (Å²) in [7, 11) is 2.10. The van der Waals surface area contributed by atoms with Crippen molar-refractivity contribution >= 4 is 23.3 Å². The number of rotatable bonds is 4. The maximum Gasteiger partial charge on any atom is 0.178 e. The van der Waals surface area contributed by atoms with E-state index >= 15 is 0 Å². The quantitative estimate of drug-likeness (QED) is 0.872. The maximum atomic E-state index is 8.98. The molecule has 0 spiro atoms. The average Bonchev–Trinajstić information content (AvgIpc) is 2.70. The van der Waals surface area contributed by atoms with Gasteiger partial charge >= 0.3 is 0 Å². The number of imidazole rings is 1. The zero-order valence-electron chi connectivity index (χ0n) is 11.5. The molecule has 0 aliphatic heterocycles. The molecule has 0 saturated heterocycles. The van der Waals surface area contributed by atoms with Gasteiger partial charge in [0.1, 0.15) is 0 Å². The van der Waals surface area contributed by atoms with Crippen molar-refractivity contribution in [2.75, 3.05) is 13.6 Å². The van der Waals surface area contributed by atoms with Crippen molar-refractivity contribution in [3.8, 4) is 6.07 Å². The number of fused-ring (bicyclic) bond motifs is 1. The average molecular weight is 274 g/mol. The first kappa shape index (κ1) is 13.8.